The van der Waals surface area contributed by atoms with E-state index in [9.17, 15) is 8.42 Å². The van der Waals surface area contributed by atoms with E-state index in [4.69, 9.17) is 14.7 Å². The zero-order valence-electron chi connectivity index (χ0n) is 12.7. The number of nitrogens with one attached hydrogen (secondary N) is 1. The van der Waals surface area contributed by atoms with Gasteiger partial charge in [-0.2, -0.15) is 5.26 Å². The Bertz CT molecular complexity index is 841. The fourth-order valence-electron chi connectivity index (χ4n) is 1.99. The summed E-state index contributed by atoms with van der Waals surface area (Å²) in [7, 11) is -0.656. The van der Waals surface area contributed by atoms with E-state index < -0.39 is 10.0 Å². The van der Waals surface area contributed by atoms with Gasteiger partial charge in [-0.25, -0.2) is 13.1 Å². The molecule has 2 rings (SSSR count). The standard InChI is InChI=1S/C16H16N2O4S/c1-21-15-7-6-13(9-16(15)22-2)11-18-23(19,20)14-5-3-4-12(8-14)10-17/h3-9,18H,11H2,1-2H3. The minimum Gasteiger partial charge on any atom is -0.493 e. The third-order valence-electron chi connectivity index (χ3n) is 3.19. The number of methoxy groups -OCH3 is 2. The van der Waals surface area contributed by atoms with E-state index >= 15 is 0 Å². The SMILES string of the molecule is COc1ccc(CNS(=O)(=O)c2cccc(C#N)c2)cc1OC. The van der Waals surface area contributed by atoms with E-state index in [-0.39, 0.29) is 11.4 Å². The van der Waals surface area contributed by atoms with Crippen LogP contribution < -0.4 is 14.2 Å². The molecule has 0 aliphatic heterocycles. The van der Waals surface area contributed by atoms with E-state index in [0.29, 0.717) is 17.1 Å². The van der Waals surface area contributed by atoms with E-state index in [1.165, 1.54) is 32.4 Å². The summed E-state index contributed by atoms with van der Waals surface area (Å²) in [6.45, 7) is 0.0967. The summed E-state index contributed by atoms with van der Waals surface area (Å²) >= 11 is 0. The highest BCUT2D eigenvalue weighted by Gasteiger charge is 2.14. The predicted octanol–water partition coefficient (Wildman–Crippen LogP) is 2.05. The second-order valence-electron chi connectivity index (χ2n) is 4.65. The maximum Gasteiger partial charge on any atom is 0.240 e. The molecule has 23 heavy (non-hydrogen) atoms. The monoisotopic (exact) mass is 332 g/mol. The second-order valence-corrected chi connectivity index (χ2v) is 6.42. The number of hydrogen-bond acceptors (Lipinski definition) is 5. The topological polar surface area (TPSA) is 88.4 Å². The summed E-state index contributed by atoms with van der Waals surface area (Å²) in [5, 5.41) is 8.85. The molecule has 0 amide bonds. The molecule has 0 heterocycles. The highest BCUT2D eigenvalue weighted by molar-refractivity contribution is 7.89. The zero-order chi connectivity index (χ0) is 16.9. The lowest BCUT2D eigenvalue weighted by Gasteiger charge is -2.11. The van der Waals surface area contributed by atoms with Crippen LogP contribution in [0.2, 0.25) is 0 Å². The van der Waals surface area contributed by atoms with Crippen molar-refractivity contribution in [1.82, 2.24) is 4.72 Å². The van der Waals surface area contributed by atoms with Crippen LogP contribution in [0.3, 0.4) is 0 Å². The zero-order valence-corrected chi connectivity index (χ0v) is 13.6. The van der Waals surface area contributed by atoms with Gasteiger partial charge in [0.1, 0.15) is 0 Å². The van der Waals surface area contributed by atoms with Crippen LogP contribution in [0.5, 0.6) is 11.5 Å². The lowest BCUT2D eigenvalue weighted by atomic mass is 10.2. The summed E-state index contributed by atoms with van der Waals surface area (Å²) in [4.78, 5) is 0.0528. The Kier molecular flexibility index (Phi) is 5.21. The van der Waals surface area contributed by atoms with Crippen LogP contribution in [0, 0.1) is 11.3 Å². The first-order valence-electron chi connectivity index (χ1n) is 6.71. The highest BCUT2D eigenvalue weighted by atomic mass is 32.2. The van der Waals surface area contributed by atoms with Crippen molar-refractivity contribution in [1.29, 1.82) is 5.26 Å². The number of nitriles is 1. The third-order valence-corrected chi connectivity index (χ3v) is 4.59. The predicted molar refractivity (Wildman–Crippen MR) is 84.7 cm³/mol. The van der Waals surface area contributed by atoms with Crippen LogP contribution in [0.4, 0.5) is 0 Å². The molecule has 7 heteroatoms. The van der Waals surface area contributed by atoms with Gasteiger partial charge in [0.05, 0.1) is 30.7 Å². The lowest BCUT2D eigenvalue weighted by Crippen LogP contribution is -2.23. The molecular formula is C16H16N2O4S. The van der Waals surface area contributed by atoms with Crippen LogP contribution in [0.25, 0.3) is 0 Å². The van der Waals surface area contributed by atoms with Gasteiger partial charge in [-0.1, -0.05) is 12.1 Å². The summed E-state index contributed by atoms with van der Waals surface area (Å²) < 4.78 is 37.4. The van der Waals surface area contributed by atoms with E-state index in [1.54, 1.807) is 24.3 Å². The number of ether oxygens (including phenoxy) is 2. The van der Waals surface area contributed by atoms with Gasteiger partial charge in [0, 0.05) is 6.54 Å². The summed E-state index contributed by atoms with van der Waals surface area (Å²) in [5.74, 6) is 1.09. The van der Waals surface area contributed by atoms with Gasteiger partial charge in [0.15, 0.2) is 11.5 Å². The fourth-order valence-corrected chi connectivity index (χ4v) is 3.05. The molecule has 0 saturated carbocycles. The third kappa shape index (κ3) is 4.00. The molecule has 120 valence electrons. The van der Waals surface area contributed by atoms with Gasteiger partial charge in [-0.15, -0.1) is 0 Å². The Morgan fingerprint density at radius 2 is 1.83 bits per heavy atom. The number of nitrogens with zero attached hydrogens (tertiary/aromatic N) is 1. The van der Waals surface area contributed by atoms with Crippen molar-refractivity contribution in [2.75, 3.05) is 14.2 Å². The van der Waals surface area contributed by atoms with Gasteiger partial charge < -0.3 is 9.47 Å². The molecule has 0 bridgehead atoms. The Balaban J connectivity index is 2.17. The molecule has 6 nitrogen and oxygen atoms in total. The average molecular weight is 332 g/mol. The molecule has 0 aromatic heterocycles. The van der Waals surface area contributed by atoms with Crippen LogP contribution in [-0.4, -0.2) is 22.6 Å². The minimum atomic E-state index is -3.70. The molecular weight excluding hydrogens is 316 g/mol. The average Bonchev–Trinajstić information content (AvgIpc) is 2.59. The van der Waals surface area contributed by atoms with Crippen molar-refractivity contribution < 1.29 is 17.9 Å². The van der Waals surface area contributed by atoms with Gasteiger partial charge in [-0.05, 0) is 35.9 Å². The molecule has 0 aliphatic carbocycles. The second kappa shape index (κ2) is 7.13. The largest absolute Gasteiger partial charge is 0.493 e. The fraction of sp³-hybridized carbons (Fsp3) is 0.188. The van der Waals surface area contributed by atoms with Gasteiger partial charge in [0.25, 0.3) is 0 Å². The number of rotatable bonds is 6. The first-order valence-corrected chi connectivity index (χ1v) is 8.19. The van der Waals surface area contributed by atoms with Gasteiger partial charge in [0.2, 0.25) is 10.0 Å². The summed E-state index contributed by atoms with van der Waals surface area (Å²) in [5.41, 5.74) is 1.02. The van der Waals surface area contributed by atoms with Crippen molar-refractivity contribution in [3.63, 3.8) is 0 Å². The van der Waals surface area contributed by atoms with Crippen molar-refractivity contribution in [3.8, 4) is 17.6 Å². The maximum absolute atomic E-state index is 12.3. The quantitative estimate of drug-likeness (QED) is 0.874. The smallest absolute Gasteiger partial charge is 0.240 e. The first-order chi connectivity index (χ1) is 11.0. The van der Waals surface area contributed by atoms with E-state index in [1.807, 2.05) is 6.07 Å². The molecule has 2 aromatic carbocycles. The van der Waals surface area contributed by atoms with Crippen LogP contribution >= 0.6 is 0 Å². The van der Waals surface area contributed by atoms with Gasteiger partial charge in [-0.3, -0.25) is 0 Å². The lowest BCUT2D eigenvalue weighted by molar-refractivity contribution is 0.354. The molecule has 0 atom stereocenters. The molecule has 0 fully saturated rings. The normalized spacial score (nSPS) is 10.8. The number of hydrogen-bond donors (Lipinski definition) is 1. The van der Waals surface area contributed by atoms with E-state index in [2.05, 4.69) is 4.72 Å². The molecule has 1 N–H and O–H groups in total. The minimum absolute atomic E-state index is 0.0528. The molecule has 2 aromatic rings. The molecule has 0 unspecified atom stereocenters. The molecule has 0 radical (unpaired) electrons. The molecule has 0 aliphatic rings. The number of sulfonamides is 1. The van der Waals surface area contributed by atoms with Crippen LogP contribution in [-0.2, 0) is 16.6 Å². The molecule has 0 spiro atoms. The van der Waals surface area contributed by atoms with Crippen molar-refractivity contribution >= 4 is 10.0 Å². The molecule has 0 saturated heterocycles. The number of benzene rings is 2. The Morgan fingerprint density at radius 3 is 2.48 bits per heavy atom. The van der Waals surface area contributed by atoms with Crippen molar-refractivity contribution in [3.05, 3.63) is 53.6 Å². The first kappa shape index (κ1) is 16.8. The summed E-state index contributed by atoms with van der Waals surface area (Å²) in [6.07, 6.45) is 0. The van der Waals surface area contributed by atoms with Crippen molar-refractivity contribution in [2.24, 2.45) is 0 Å². The maximum atomic E-state index is 12.3. The van der Waals surface area contributed by atoms with Crippen molar-refractivity contribution in [2.45, 2.75) is 11.4 Å². The Morgan fingerprint density at radius 1 is 1.09 bits per heavy atom. The Hall–Kier alpha value is -2.56. The van der Waals surface area contributed by atoms with Gasteiger partial charge >= 0.3 is 0 Å². The Labute approximate surface area is 135 Å². The highest BCUT2D eigenvalue weighted by Crippen LogP contribution is 2.27. The summed E-state index contributed by atoms with van der Waals surface area (Å²) in [6, 6.07) is 12.9. The van der Waals surface area contributed by atoms with E-state index in [0.717, 1.165) is 5.56 Å². The van der Waals surface area contributed by atoms with Crippen LogP contribution in [0.1, 0.15) is 11.1 Å². The van der Waals surface area contributed by atoms with Crippen LogP contribution in [0.15, 0.2) is 47.4 Å².